The number of benzene rings is 2. The van der Waals surface area contributed by atoms with Gasteiger partial charge in [0.15, 0.2) is 12.4 Å². The van der Waals surface area contributed by atoms with Crippen LogP contribution in [0.25, 0.3) is 0 Å². The van der Waals surface area contributed by atoms with E-state index < -0.39 is 58.5 Å². The van der Waals surface area contributed by atoms with E-state index >= 15 is 0 Å². The van der Waals surface area contributed by atoms with Gasteiger partial charge in [-0.3, -0.25) is 14.9 Å². The number of alkyl halides is 5. The smallest absolute Gasteiger partial charge is 0.456 e. The van der Waals surface area contributed by atoms with Gasteiger partial charge in [-0.2, -0.15) is 27.2 Å². The molecule has 0 saturated heterocycles. The number of carbonyl (C=O) groups is 2. The van der Waals surface area contributed by atoms with Gasteiger partial charge in [-0.25, -0.2) is 4.79 Å². The second-order valence-corrected chi connectivity index (χ2v) is 6.99. The van der Waals surface area contributed by atoms with Crippen molar-refractivity contribution >= 4 is 17.6 Å². The Morgan fingerprint density at radius 3 is 2.29 bits per heavy atom. The highest BCUT2D eigenvalue weighted by Crippen LogP contribution is 2.37. The molecular weight excluding hydrogens is 485 g/mol. The number of rotatable bonds is 9. The fourth-order valence-corrected chi connectivity index (χ4v) is 2.70. The first kappa shape index (κ1) is 27.0. The molecule has 0 spiro atoms. The summed E-state index contributed by atoms with van der Waals surface area (Å²) >= 11 is 0. The van der Waals surface area contributed by atoms with E-state index in [1.54, 1.807) is 0 Å². The van der Waals surface area contributed by atoms with Gasteiger partial charge in [-0.05, 0) is 23.8 Å². The zero-order valence-corrected chi connectivity index (χ0v) is 17.8. The number of carbonyl (C=O) groups excluding carboxylic acids is 2. The topological polar surface area (TPSA) is 132 Å². The van der Waals surface area contributed by atoms with Crippen LogP contribution in [0.15, 0.2) is 42.5 Å². The SMILES string of the molecule is COC(=O)[C@H](Cc1ccc(C#N)cc1)NC(=O)c1ccc([N+](=O)[O-])c(OCC(F)(F)C(F)(F)F)c1. The predicted octanol–water partition coefficient (Wildman–Crippen LogP) is 3.56. The lowest BCUT2D eigenvalue weighted by molar-refractivity contribution is -0.386. The average Bonchev–Trinajstić information content (AvgIpc) is 2.81. The molecule has 1 amide bonds. The molecule has 0 saturated carbocycles. The Balaban J connectivity index is 2.27. The van der Waals surface area contributed by atoms with Crippen molar-refractivity contribution in [1.82, 2.24) is 5.32 Å². The third-order valence-electron chi connectivity index (χ3n) is 4.56. The number of halogens is 5. The van der Waals surface area contributed by atoms with Crippen LogP contribution in [-0.2, 0) is 16.0 Å². The van der Waals surface area contributed by atoms with Gasteiger partial charge in [0.2, 0.25) is 0 Å². The van der Waals surface area contributed by atoms with Crippen molar-refractivity contribution in [3.63, 3.8) is 0 Å². The Kier molecular flexibility index (Phi) is 8.29. The van der Waals surface area contributed by atoms with Gasteiger partial charge in [-0.1, -0.05) is 12.1 Å². The molecule has 0 aliphatic heterocycles. The quantitative estimate of drug-likeness (QED) is 0.241. The molecule has 0 radical (unpaired) electrons. The monoisotopic (exact) mass is 501 g/mol. The lowest BCUT2D eigenvalue weighted by Gasteiger charge is -2.20. The van der Waals surface area contributed by atoms with E-state index in [0.29, 0.717) is 23.3 Å². The average molecular weight is 501 g/mol. The number of hydrogen-bond acceptors (Lipinski definition) is 7. The molecule has 1 N–H and O–H groups in total. The summed E-state index contributed by atoms with van der Waals surface area (Å²) in [5.41, 5.74) is -0.500. The summed E-state index contributed by atoms with van der Waals surface area (Å²) in [6, 6.07) is 8.84. The molecular formula is C21H16F5N3O6. The van der Waals surface area contributed by atoms with Crippen LogP contribution in [-0.4, -0.2) is 48.7 Å². The molecule has 2 rings (SSSR count). The number of ether oxygens (including phenoxy) is 2. The van der Waals surface area contributed by atoms with Gasteiger partial charge >= 0.3 is 23.8 Å². The van der Waals surface area contributed by atoms with Gasteiger partial charge in [0.1, 0.15) is 6.04 Å². The molecule has 0 bridgehead atoms. The predicted molar refractivity (Wildman–Crippen MR) is 108 cm³/mol. The Labute approximate surface area is 194 Å². The van der Waals surface area contributed by atoms with Crippen molar-refractivity contribution in [2.45, 2.75) is 24.6 Å². The highest BCUT2D eigenvalue weighted by Gasteiger charge is 2.58. The van der Waals surface area contributed by atoms with E-state index in [-0.39, 0.29) is 6.42 Å². The standard InChI is InChI=1S/C21H16F5N3O6/c1-34-19(31)15(8-12-2-4-13(10-27)5-3-12)28-18(30)14-6-7-16(29(32)33)17(9-14)35-11-20(22,23)21(24,25)26/h2-7,9,15H,8,11H2,1H3,(H,28,30)/t15-/m0/s1. The van der Waals surface area contributed by atoms with E-state index in [1.807, 2.05) is 6.07 Å². The summed E-state index contributed by atoms with van der Waals surface area (Å²) in [6.07, 6.45) is -6.05. The molecule has 0 heterocycles. The number of methoxy groups -OCH3 is 1. The molecule has 35 heavy (non-hydrogen) atoms. The Bertz CT molecular complexity index is 1150. The normalized spacial score (nSPS) is 12.3. The second kappa shape index (κ2) is 10.8. The van der Waals surface area contributed by atoms with Crippen molar-refractivity contribution in [3.8, 4) is 11.8 Å². The fraction of sp³-hybridized carbons (Fsp3) is 0.286. The number of amides is 1. The molecule has 186 valence electrons. The molecule has 0 aromatic heterocycles. The molecule has 2 aromatic rings. The van der Waals surface area contributed by atoms with E-state index in [4.69, 9.17) is 5.26 Å². The minimum atomic E-state index is -5.96. The zero-order valence-electron chi connectivity index (χ0n) is 17.8. The summed E-state index contributed by atoms with van der Waals surface area (Å²) in [5, 5.41) is 22.3. The Morgan fingerprint density at radius 1 is 1.14 bits per heavy atom. The summed E-state index contributed by atoms with van der Waals surface area (Å²) < 4.78 is 72.6. The van der Waals surface area contributed by atoms with Crippen molar-refractivity contribution in [2.75, 3.05) is 13.7 Å². The number of esters is 1. The van der Waals surface area contributed by atoms with Crippen LogP contribution >= 0.6 is 0 Å². The Hall–Kier alpha value is -4.28. The highest BCUT2D eigenvalue weighted by atomic mass is 19.4. The fourth-order valence-electron chi connectivity index (χ4n) is 2.70. The first-order chi connectivity index (χ1) is 16.3. The van der Waals surface area contributed by atoms with Gasteiger partial charge in [0.05, 0.1) is 23.7 Å². The van der Waals surface area contributed by atoms with Crippen LogP contribution < -0.4 is 10.1 Å². The van der Waals surface area contributed by atoms with E-state index in [2.05, 4.69) is 14.8 Å². The molecule has 0 aliphatic carbocycles. The maximum atomic E-state index is 13.2. The number of nitro benzene ring substituents is 1. The van der Waals surface area contributed by atoms with Crippen LogP contribution in [0.3, 0.4) is 0 Å². The lowest BCUT2D eigenvalue weighted by atomic mass is 10.0. The Morgan fingerprint density at radius 2 is 1.77 bits per heavy atom. The van der Waals surface area contributed by atoms with E-state index in [1.165, 1.54) is 24.3 Å². The van der Waals surface area contributed by atoms with Crippen LogP contribution in [0.1, 0.15) is 21.5 Å². The van der Waals surface area contributed by atoms with E-state index in [0.717, 1.165) is 13.2 Å². The molecule has 1 atom stereocenters. The minimum absolute atomic E-state index is 0.0851. The molecule has 0 fully saturated rings. The van der Waals surface area contributed by atoms with Crippen molar-refractivity contribution in [3.05, 3.63) is 69.3 Å². The first-order valence-corrected chi connectivity index (χ1v) is 9.52. The zero-order chi connectivity index (χ0) is 26.4. The van der Waals surface area contributed by atoms with Crippen molar-refractivity contribution in [2.24, 2.45) is 0 Å². The van der Waals surface area contributed by atoms with Crippen molar-refractivity contribution < 1.29 is 45.9 Å². The van der Waals surface area contributed by atoms with Crippen LogP contribution in [0.2, 0.25) is 0 Å². The maximum absolute atomic E-state index is 13.2. The van der Waals surface area contributed by atoms with Gasteiger partial charge in [0, 0.05) is 24.1 Å². The van der Waals surface area contributed by atoms with Gasteiger partial charge in [-0.15, -0.1) is 0 Å². The molecule has 2 aromatic carbocycles. The summed E-state index contributed by atoms with van der Waals surface area (Å²) in [7, 11) is 1.05. The summed E-state index contributed by atoms with van der Waals surface area (Å²) in [5.74, 6) is -8.20. The molecule has 0 unspecified atom stereocenters. The molecule has 14 heteroatoms. The number of nitrogens with one attached hydrogen (secondary N) is 1. The second-order valence-electron chi connectivity index (χ2n) is 6.99. The largest absolute Gasteiger partial charge is 0.480 e. The number of nitro groups is 1. The van der Waals surface area contributed by atoms with E-state index in [9.17, 15) is 41.7 Å². The van der Waals surface area contributed by atoms with Crippen LogP contribution in [0.4, 0.5) is 27.6 Å². The number of nitrogens with zero attached hydrogens (tertiary/aromatic N) is 2. The van der Waals surface area contributed by atoms with Gasteiger partial charge < -0.3 is 14.8 Å². The maximum Gasteiger partial charge on any atom is 0.456 e. The number of nitriles is 1. The van der Waals surface area contributed by atoms with Crippen LogP contribution in [0.5, 0.6) is 5.75 Å². The number of hydrogen-bond donors (Lipinski definition) is 1. The van der Waals surface area contributed by atoms with Crippen LogP contribution in [0, 0.1) is 21.4 Å². The third-order valence-corrected chi connectivity index (χ3v) is 4.56. The minimum Gasteiger partial charge on any atom is -0.480 e. The molecule has 9 nitrogen and oxygen atoms in total. The highest BCUT2D eigenvalue weighted by molar-refractivity contribution is 5.97. The summed E-state index contributed by atoms with van der Waals surface area (Å²) in [6.45, 7) is -2.26. The third kappa shape index (κ3) is 6.85. The molecule has 0 aliphatic rings. The van der Waals surface area contributed by atoms with Crippen molar-refractivity contribution in [1.29, 1.82) is 5.26 Å². The lowest BCUT2D eigenvalue weighted by Crippen LogP contribution is -2.43. The first-order valence-electron chi connectivity index (χ1n) is 9.52. The summed E-state index contributed by atoms with van der Waals surface area (Å²) in [4.78, 5) is 34.8. The van der Waals surface area contributed by atoms with Gasteiger partial charge in [0.25, 0.3) is 5.91 Å².